The summed E-state index contributed by atoms with van der Waals surface area (Å²) in [5.74, 6) is -0.852. The molecule has 0 bridgehead atoms. The van der Waals surface area contributed by atoms with Gasteiger partial charge >= 0.3 is 5.97 Å². The summed E-state index contributed by atoms with van der Waals surface area (Å²) in [4.78, 5) is 11.0. The van der Waals surface area contributed by atoms with Crippen molar-refractivity contribution in [3.05, 3.63) is 22.1 Å². The molecule has 1 atom stereocenters. The molecule has 0 spiro atoms. The van der Waals surface area contributed by atoms with Crippen LogP contribution in [0.4, 0.5) is 0 Å². The second kappa shape index (κ2) is 4.17. The van der Waals surface area contributed by atoms with Gasteiger partial charge in [-0.1, -0.05) is 13.8 Å². The molecule has 1 rings (SSSR count). The lowest BCUT2D eigenvalue weighted by molar-refractivity contribution is -0.140. The van der Waals surface area contributed by atoms with Crippen LogP contribution in [0.3, 0.4) is 0 Å². The largest absolute Gasteiger partial charge is 0.481 e. The molecule has 0 aliphatic carbocycles. The number of hydrogen-bond donors (Lipinski definition) is 1. The molecule has 1 heterocycles. The van der Waals surface area contributed by atoms with E-state index in [1.807, 2.05) is 20.8 Å². The van der Waals surface area contributed by atoms with Crippen molar-refractivity contribution in [1.29, 1.82) is 0 Å². The van der Waals surface area contributed by atoms with E-state index in [-0.39, 0.29) is 5.92 Å². The van der Waals surface area contributed by atoms with Crippen LogP contribution in [-0.2, 0) is 4.79 Å². The number of aliphatic carboxylic acids is 1. The van der Waals surface area contributed by atoms with Gasteiger partial charge in [0.05, 0.1) is 0 Å². The molecule has 1 N–H and O–H groups in total. The summed E-state index contributed by atoms with van der Waals surface area (Å²) in [7, 11) is 0. The lowest BCUT2D eigenvalue weighted by Gasteiger charge is -2.14. The van der Waals surface area contributed by atoms with E-state index in [9.17, 15) is 4.79 Å². The molecule has 0 saturated heterocycles. The van der Waals surface area contributed by atoms with Gasteiger partial charge in [0.1, 0.15) is 11.7 Å². The second-order valence-corrected chi connectivity index (χ2v) is 4.44. The summed E-state index contributed by atoms with van der Waals surface area (Å²) in [5, 5.41) is 9.06. The molecule has 78 valence electrons. The number of hydrogen-bond acceptors (Lipinski definition) is 2. The van der Waals surface area contributed by atoms with Gasteiger partial charge in [-0.2, -0.15) is 0 Å². The molecular formula is C10H13BrO3. The molecular weight excluding hydrogens is 248 g/mol. The smallest absolute Gasteiger partial charge is 0.314 e. The molecule has 4 heteroatoms. The van der Waals surface area contributed by atoms with E-state index in [4.69, 9.17) is 9.52 Å². The Morgan fingerprint density at radius 2 is 2.14 bits per heavy atom. The van der Waals surface area contributed by atoms with Gasteiger partial charge in [-0.3, -0.25) is 4.79 Å². The van der Waals surface area contributed by atoms with Crippen LogP contribution in [0.25, 0.3) is 0 Å². The van der Waals surface area contributed by atoms with Gasteiger partial charge in [-0.15, -0.1) is 0 Å². The van der Waals surface area contributed by atoms with Crippen molar-refractivity contribution in [3.8, 4) is 0 Å². The van der Waals surface area contributed by atoms with Crippen LogP contribution < -0.4 is 0 Å². The molecule has 14 heavy (non-hydrogen) atoms. The third-order valence-electron chi connectivity index (χ3n) is 2.14. The summed E-state index contributed by atoms with van der Waals surface area (Å²) >= 11 is 3.19. The van der Waals surface area contributed by atoms with Gasteiger partial charge < -0.3 is 9.52 Å². The van der Waals surface area contributed by atoms with E-state index in [1.165, 1.54) is 0 Å². The third kappa shape index (κ3) is 2.18. The highest BCUT2D eigenvalue weighted by molar-refractivity contribution is 9.10. The van der Waals surface area contributed by atoms with Crippen molar-refractivity contribution >= 4 is 21.9 Å². The highest BCUT2D eigenvalue weighted by Crippen LogP contribution is 2.31. The zero-order valence-corrected chi connectivity index (χ0v) is 9.96. The number of halogens is 1. The molecule has 3 nitrogen and oxygen atoms in total. The Morgan fingerprint density at radius 1 is 1.57 bits per heavy atom. The quantitative estimate of drug-likeness (QED) is 0.909. The second-order valence-electron chi connectivity index (χ2n) is 3.66. The maximum atomic E-state index is 11.0. The van der Waals surface area contributed by atoms with Crippen LogP contribution in [0.15, 0.2) is 15.2 Å². The van der Waals surface area contributed by atoms with Crippen molar-refractivity contribution in [2.75, 3.05) is 0 Å². The zero-order valence-electron chi connectivity index (χ0n) is 8.37. The van der Waals surface area contributed by atoms with E-state index in [2.05, 4.69) is 15.9 Å². The van der Waals surface area contributed by atoms with Crippen LogP contribution >= 0.6 is 15.9 Å². The first-order chi connectivity index (χ1) is 6.43. The first-order valence-corrected chi connectivity index (χ1v) is 5.21. The normalized spacial score (nSPS) is 13.2. The van der Waals surface area contributed by atoms with Crippen molar-refractivity contribution in [2.45, 2.75) is 26.7 Å². The lowest BCUT2D eigenvalue weighted by atomic mass is 9.92. The van der Waals surface area contributed by atoms with Crippen molar-refractivity contribution in [2.24, 2.45) is 5.92 Å². The highest BCUT2D eigenvalue weighted by Gasteiger charge is 2.28. The Balaban J connectivity index is 3.11. The average molecular weight is 261 g/mol. The third-order valence-corrected chi connectivity index (χ3v) is 2.53. The van der Waals surface area contributed by atoms with Crippen LogP contribution in [-0.4, -0.2) is 11.1 Å². The Labute approximate surface area is 91.2 Å². The average Bonchev–Trinajstić information content (AvgIpc) is 2.29. The molecule has 0 saturated carbocycles. The van der Waals surface area contributed by atoms with E-state index in [0.717, 1.165) is 5.56 Å². The van der Waals surface area contributed by atoms with Gasteiger partial charge in [0.2, 0.25) is 0 Å². The highest BCUT2D eigenvalue weighted by atomic mass is 79.9. The van der Waals surface area contributed by atoms with E-state index in [1.54, 1.807) is 6.07 Å². The molecule has 0 amide bonds. The molecule has 0 aromatic carbocycles. The van der Waals surface area contributed by atoms with Gasteiger partial charge in [-0.25, -0.2) is 0 Å². The molecule has 0 fully saturated rings. The number of carboxylic acids is 1. The molecule has 1 aromatic rings. The van der Waals surface area contributed by atoms with Gasteiger partial charge in [0.25, 0.3) is 0 Å². The molecule has 1 unspecified atom stereocenters. The molecule has 0 aliphatic rings. The Hall–Kier alpha value is -0.770. The number of carboxylic acid groups (broad SMARTS) is 1. The Kier molecular flexibility index (Phi) is 3.37. The number of rotatable bonds is 3. The summed E-state index contributed by atoms with van der Waals surface area (Å²) in [6.45, 7) is 5.59. The lowest BCUT2D eigenvalue weighted by Crippen LogP contribution is -2.17. The van der Waals surface area contributed by atoms with Crippen molar-refractivity contribution in [3.63, 3.8) is 0 Å². The predicted molar refractivity (Wildman–Crippen MR) is 56.4 cm³/mol. The predicted octanol–water partition coefficient (Wildman–Crippen LogP) is 3.17. The van der Waals surface area contributed by atoms with Crippen LogP contribution in [0.5, 0.6) is 0 Å². The minimum absolute atomic E-state index is 0.0178. The van der Waals surface area contributed by atoms with Crippen LogP contribution in [0.2, 0.25) is 0 Å². The van der Waals surface area contributed by atoms with Crippen LogP contribution in [0.1, 0.15) is 31.1 Å². The van der Waals surface area contributed by atoms with Crippen molar-refractivity contribution < 1.29 is 14.3 Å². The molecule has 0 radical (unpaired) electrons. The summed E-state index contributed by atoms with van der Waals surface area (Å²) in [6.07, 6.45) is 0. The first kappa shape index (κ1) is 11.3. The molecule has 0 aliphatic heterocycles. The minimum Gasteiger partial charge on any atom is -0.481 e. The zero-order chi connectivity index (χ0) is 10.9. The summed E-state index contributed by atoms with van der Waals surface area (Å²) in [5.41, 5.74) is 0.873. The van der Waals surface area contributed by atoms with E-state index in [0.29, 0.717) is 10.4 Å². The van der Waals surface area contributed by atoms with E-state index >= 15 is 0 Å². The summed E-state index contributed by atoms with van der Waals surface area (Å²) < 4.78 is 5.92. The monoisotopic (exact) mass is 260 g/mol. The standard InChI is InChI=1S/C10H13BrO3/c1-5(2)8(10(12)13)9-6(3)4-7(11)14-9/h4-5,8H,1-3H3,(H,12,13). The van der Waals surface area contributed by atoms with Gasteiger partial charge in [-0.05, 0) is 40.4 Å². The topological polar surface area (TPSA) is 50.4 Å². The number of carbonyl (C=O) groups is 1. The maximum Gasteiger partial charge on any atom is 0.314 e. The molecule has 1 aromatic heterocycles. The van der Waals surface area contributed by atoms with Gasteiger partial charge in [0.15, 0.2) is 4.67 Å². The number of furan rings is 1. The van der Waals surface area contributed by atoms with Gasteiger partial charge in [0, 0.05) is 0 Å². The Morgan fingerprint density at radius 3 is 2.43 bits per heavy atom. The Bertz CT molecular complexity index is 341. The van der Waals surface area contributed by atoms with Crippen LogP contribution in [0, 0.1) is 12.8 Å². The fourth-order valence-electron chi connectivity index (χ4n) is 1.47. The fraction of sp³-hybridized carbons (Fsp3) is 0.500. The fourth-order valence-corrected chi connectivity index (χ4v) is 1.98. The van der Waals surface area contributed by atoms with E-state index < -0.39 is 11.9 Å². The maximum absolute atomic E-state index is 11.0. The SMILES string of the molecule is Cc1cc(Br)oc1C(C(=O)O)C(C)C. The van der Waals surface area contributed by atoms with Crippen molar-refractivity contribution in [1.82, 2.24) is 0 Å². The minimum atomic E-state index is -0.843. The number of aryl methyl sites for hydroxylation is 1. The first-order valence-electron chi connectivity index (χ1n) is 4.42. The summed E-state index contributed by atoms with van der Waals surface area (Å²) in [6, 6.07) is 1.79.